The van der Waals surface area contributed by atoms with Gasteiger partial charge in [-0.05, 0) is 36.8 Å². The standard InChI is InChI=1S/C21H22N2O5/c1-21(26,18-11-15-5-3-4-6-17(15)28-18)13-23-20(25)19(24)22-12-14-7-9-16(27-2)10-8-14/h3-11,26H,12-13H2,1-2H3,(H,22,24)(H,23,25). The molecule has 2 aromatic carbocycles. The highest BCUT2D eigenvalue weighted by atomic mass is 16.5. The fraction of sp³-hybridized carbons (Fsp3) is 0.238. The number of rotatable bonds is 6. The molecule has 0 radical (unpaired) electrons. The first-order valence-corrected chi connectivity index (χ1v) is 8.79. The van der Waals surface area contributed by atoms with Crippen molar-refractivity contribution in [3.63, 3.8) is 0 Å². The third-order valence-electron chi connectivity index (χ3n) is 4.37. The highest BCUT2D eigenvalue weighted by molar-refractivity contribution is 6.35. The summed E-state index contributed by atoms with van der Waals surface area (Å²) in [4.78, 5) is 24.0. The third-order valence-corrected chi connectivity index (χ3v) is 4.37. The number of hydrogen-bond acceptors (Lipinski definition) is 5. The molecular weight excluding hydrogens is 360 g/mol. The molecule has 0 spiro atoms. The number of carbonyl (C=O) groups excluding carboxylic acids is 2. The summed E-state index contributed by atoms with van der Waals surface area (Å²) in [6.07, 6.45) is 0. The Kier molecular flexibility index (Phi) is 5.65. The van der Waals surface area contributed by atoms with E-state index in [9.17, 15) is 14.7 Å². The van der Waals surface area contributed by atoms with Crippen molar-refractivity contribution in [2.24, 2.45) is 0 Å². The van der Waals surface area contributed by atoms with Crippen molar-refractivity contribution in [3.8, 4) is 5.75 Å². The number of furan rings is 1. The predicted molar refractivity (Wildman–Crippen MR) is 104 cm³/mol. The first-order valence-electron chi connectivity index (χ1n) is 8.79. The van der Waals surface area contributed by atoms with Gasteiger partial charge in [0, 0.05) is 11.9 Å². The first-order chi connectivity index (χ1) is 13.4. The highest BCUT2D eigenvalue weighted by Crippen LogP contribution is 2.27. The van der Waals surface area contributed by atoms with E-state index in [1.54, 1.807) is 43.5 Å². The van der Waals surface area contributed by atoms with Crippen molar-refractivity contribution in [3.05, 3.63) is 65.9 Å². The second kappa shape index (κ2) is 8.14. The zero-order valence-electron chi connectivity index (χ0n) is 15.7. The SMILES string of the molecule is COc1ccc(CNC(=O)C(=O)NCC(C)(O)c2cc3ccccc3o2)cc1. The van der Waals surface area contributed by atoms with Gasteiger partial charge >= 0.3 is 11.8 Å². The van der Waals surface area contributed by atoms with Gasteiger partial charge in [0.15, 0.2) is 0 Å². The lowest BCUT2D eigenvalue weighted by Crippen LogP contribution is -2.45. The van der Waals surface area contributed by atoms with Crippen LogP contribution in [0.4, 0.5) is 0 Å². The highest BCUT2D eigenvalue weighted by Gasteiger charge is 2.29. The summed E-state index contributed by atoms with van der Waals surface area (Å²) in [5.74, 6) is -0.589. The van der Waals surface area contributed by atoms with E-state index in [4.69, 9.17) is 9.15 Å². The Morgan fingerprint density at radius 1 is 1.07 bits per heavy atom. The second-order valence-corrected chi connectivity index (χ2v) is 6.64. The number of methoxy groups -OCH3 is 1. The van der Waals surface area contributed by atoms with Crippen LogP contribution in [-0.4, -0.2) is 30.6 Å². The van der Waals surface area contributed by atoms with Gasteiger partial charge in [-0.15, -0.1) is 0 Å². The molecule has 0 saturated heterocycles. The zero-order chi connectivity index (χ0) is 20.1. The van der Waals surface area contributed by atoms with E-state index >= 15 is 0 Å². The summed E-state index contributed by atoms with van der Waals surface area (Å²) in [5.41, 5.74) is 0.0165. The van der Waals surface area contributed by atoms with Crippen molar-refractivity contribution in [1.29, 1.82) is 0 Å². The van der Waals surface area contributed by atoms with Crippen LogP contribution in [0, 0.1) is 0 Å². The van der Waals surface area contributed by atoms with Crippen molar-refractivity contribution in [1.82, 2.24) is 10.6 Å². The number of hydrogen-bond donors (Lipinski definition) is 3. The topological polar surface area (TPSA) is 101 Å². The van der Waals surface area contributed by atoms with Crippen LogP contribution in [0.15, 0.2) is 59.0 Å². The summed E-state index contributed by atoms with van der Waals surface area (Å²) in [6, 6.07) is 16.2. The van der Waals surface area contributed by atoms with Gasteiger partial charge in [-0.25, -0.2) is 0 Å². The minimum Gasteiger partial charge on any atom is -0.497 e. The van der Waals surface area contributed by atoms with Crippen molar-refractivity contribution >= 4 is 22.8 Å². The molecule has 3 N–H and O–H groups in total. The molecule has 3 rings (SSSR count). The summed E-state index contributed by atoms with van der Waals surface area (Å²) >= 11 is 0. The molecule has 146 valence electrons. The third kappa shape index (κ3) is 4.50. The molecule has 28 heavy (non-hydrogen) atoms. The van der Waals surface area contributed by atoms with Crippen LogP contribution < -0.4 is 15.4 Å². The quantitative estimate of drug-likeness (QED) is 0.567. The molecule has 0 aliphatic heterocycles. The van der Waals surface area contributed by atoms with E-state index in [2.05, 4.69) is 10.6 Å². The number of ether oxygens (including phenoxy) is 1. The average Bonchev–Trinajstić information content (AvgIpc) is 3.16. The fourth-order valence-electron chi connectivity index (χ4n) is 2.67. The van der Waals surface area contributed by atoms with Gasteiger partial charge < -0.3 is 24.9 Å². The lowest BCUT2D eigenvalue weighted by atomic mass is 10.0. The maximum atomic E-state index is 12.0. The van der Waals surface area contributed by atoms with E-state index in [1.807, 2.05) is 18.2 Å². The molecule has 0 fully saturated rings. The summed E-state index contributed by atoms with van der Waals surface area (Å²) in [5, 5.41) is 16.4. The zero-order valence-corrected chi connectivity index (χ0v) is 15.7. The molecule has 7 heteroatoms. The Balaban J connectivity index is 1.53. The van der Waals surface area contributed by atoms with E-state index < -0.39 is 17.4 Å². The lowest BCUT2D eigenvalue weighted by molar-refractivity contribution is -0.140. The molecule has 0 saturated carbocycles. The van der Waals surface area contributed by atoms with Crippen LogP contribution in [-0.2, 0) is 21.7 Å². The van der Waals surface area contributed by atoms with Gasteiger partial charge in [-0.2, -0.15) is 0 Å². The first kappa shape index (κ1) is 19.4. The molecule has 1 heterocycles. The van der Waals surface area contributed by atoms with Crippen LogP contribution in [0.1, 0.15) is 18.2 Å². The average molecular weight is 382 g/mol. The van der Waals surface area contributed by atoms with Crippen LogP contribution >= 0.6 is 0 Å². The minimum absolute atomic E-state index is 0.165. The summed E-state index contributed by atoms with van der Waals surface area (Å²) < 4.78 is 10.7. The molecule has 0 bridgehead atoms. The predicted octanol–water partition coefficient (Wildman–Crippen LogP) is 2.08. The van der Waals surface area contributed by atoms with Gasteiger partial charge in [0.25, 0.3) is 0 Å². The number of aliphatic hydroxyl groups is 1. The van der Waals surface area contributed by atoms with Gasteiger partial charge in [-0.1, -0.05) is 30.3 Å². The summed E-state index contributed by atoms with van der Waals surface area (Å²) in [6.45, 7) is 1.55. The molecule has 3 aromatic rings. The number of amides is 2. The van der Waals surface area contributed by atoms with E-state index in [0.717, 1.165) is 10.9 Å². The molecule has 7 nitrogen and oxygen atoms in total. The second-order valence-electron chi connectivity index (χ2n) is 6.64. The van der Waals surface area contributed by atoms with Gasteiger partial charge in [-0.3, -0.25) is 9.59 Å². The van der Waals surface area contributed by atoms with Crippen LogP contribution in [0.2, 0.25) is 0 Å². The number of benzene rings is 2. The molecule has 0 aliphatic rings. The van der Waals surface area contributed by atoms with Crippen LogP contribution in [0.5, 0.6) is 5.75 Å². The number of nitrogens with one attached hydrogen (secondary N) is 2. The lowest BCUT2D eigenvalue weighted by Gasteiger charge is -2.20. The van der Waals surface area contributed by atoms with Crippen molar-refractivity contribution in [2.45, 2.75) is 19.1 Å². The minimum atomic E-state index is -1.45. The molecular formula is C21H22N2O5. The smallest absolute Gasteiger partial charge is 0.309 e. The van der Waals surface area contributed by atoms with Crippen LogP contribution in [0.25, 0.3) is 11.0 Å². The Bertz CT molecular complexity index is 943. The Labute approximate surface area is 162 Å². The fourth-order valence-corrected chi connectivity index (χ4v) is 2.67. The van der Waals surface area contributed by atoms with Gasteiger partial charge in [0.05, 0.1) is 13.7 Å². The Hall–Kier alpha value is -3.32. The van der Waals surface area contributed by atoms with Crippen molar-refractivity contribution < 1.29 is 23.8 Å². The largest absolute Gasteiger partial charge is 0.497 e. The molecule has 1 atom stereocenters. The number of fused-ring (bicyclic) bond motifs is 1. The number of para-hydroxylation sites is 1. The maximum absolute atomic E-state index is 12.0. The Morgan fingerprint density at radius 2 is 1.75 bits per heavy atom. The Morgan fingerprint density at radius 3 is 2.43 bits per heavy atom. The van der Waals surface area contributed by atoms with Gasteiger partial charge in [0.1, 0.15) is 22.7 Å². The van der Waals surface area contributed by atoms with E-state index in [-0.39, 0.29) is 13.1 Å². The molecule has 2 amide bonds. The van der Waals surface area contributed by atoms with Crippen molar-refractivity contribution in [2.75, 3.05) is 13.7 Å². The van der Waals surface area contributed by atoms with Gasteiger partial charge in [0.2, 0.25) is 0 Å². The number of carbonyl (C=O) groups is 2. The van der Waals surface area contributed by atoms with E-state index in [1.165, 1.54) is 6.92 Å². The van der Waals surface area contributed by atoms with E-state index in [0.29, 0.717) is 17.1 Å². The van der Waals surface area contributed by atoms with Crippen LogP contribution in [0.3, 0.4) is 0 Å². The monoisotopic (exact) mass is 382 g/mol. The summed E-state index contributed by atoms with van der Waals surface area (Å²) in [7, 11) is 1.57. The molecule has 1 aromatic heterocycles. The normalized spacial score (nSPS) is 13.0. The molecule has 1 unspecified atom stereocenters. The maximum Gasteiger partial charge on any atom is 0.309 e. The molecule has 0 aliphatic carbocycles.